The second-order valence-electron chi connectivity index (χ2n) is 4.35. The molecule has 84 valence electrons. The van der Waals surface area contributed by atoms with Gasteiger partial charge in [0.1, 0.15) is 16.3 Å². The third kappa shape index (κ3) is 2.10. The van der Waals surface area contributed by atoms with Crippen molar-refractivity contribution in [3.05, 3.63) is 22.5 Å². The zero-order chi connectivity index (χ0) is 11.5. The summed E-state index contributed by atoms with van der Waals surface area (Å²) in [5, 5.41) is 9.12. The lowest BCUT2D eigenvalue weighted by molar-refractivity contribution is 0.438. The quantitative estimate of drug-likeness (QED) is 0.758. The zero-order valence-electron chi connectivity index (χ0n) is 9.36. The molecule has 1 aliphatic rings. The van der Waals surface area contributed by atoms with Gasteiger partial charge in [-0.3, -0.25) is 0 Å². The SMILES string of the molecule is CC1CCN(c2cc[nH]c(=S)c2C#N)CC1. The molecule has 0 saturated carbocycles. The minimum absolute atomic E-state index is 0.540. The van der Waals surface area contributed by atoms with E-state index in [1.54, 1.807) is 0 Å². The molecule has 16 heavy (non-hydrogen) atoms. The maximum atomic E-state index is 9.12. The Bertz CT molecular complexity index is 464. The Labute approximate surface area is 101 Å². The van der Waals surface area contributed by atoms with E-state index >= 15 is 0 Å². The maximum absolute atomic E-state index is 9.12. The molecule has 0 unspecified atom stereocenters. The summed E-state index contributed by atoms with van der Waals surface area (Å²) in [4.78, 5) is 5.17. The summed E-state index contributed by atoms with van der Waals surface area (Å²) in [7, 11) is 0. The summed E-state index contributed by atoms with van der Waals surface area (Å²) in [6.07, 6.45) is 4.20. The Morgan fingerprint density at radius 2 is 2.19 bits per heavy atom. The van der Waals surface area contributed by atoms with Crippen molar-refractivity contribution in [3.63, 3.8) is 0 Å². The van der Waals surface area contributed by atoms with Crippen LogP contribution in [0, 0.1) is 21.9 Å². The topological polar surface area (TPSA) is 42.8 Å². The fourth-order valence-electron chi connectivity index (χ4n) is 2.09. The van der Waals surface area contributed by atoms with Gasteiger partial charge < -0.3 is 9.88 Å². The van der Waals surface area contributed by atoms with Gasteiger partial charge in [0.2, 0.25) is 0 Å². The predicted molar refractivity (Wildman–Crippen MR) is 67.0 cm³/mol. The molecule has 0 aliphatic carbocycles. The number of nitriles is 1. The molecule has 0 aromatic carbocycles. The van der Waals surface area contributed by atoms with Gasteiger partial charge in [-0.25, -0.2) is 0 Å². The van der Waals surface area contributed by atoms with E-state index in [1.807, 2.05) is 12.3 Å². The summed E-state index contributed by atoms with van der Waals surface area (Å²) in [6.45, 7) is 4.32. The Kier molecular flexibility index (Phi) is 3.25. The molecule has 0 spiro atoms. The number of hydrogen-bond acceptors (Lipinski definition) is 3. The highest BCUT2D eigenvalue weighted by Crippen LogP contribution is 2.25. The predicted octanol–water partition coefficient (Wildman–Crippen LogP) is 2.85. The van der Waals surface area contributed by atoms with Gasteiger partial charge in [-0.05, 0) is 24.8 Å². The molecule has 1 aromatic rings. The summed E-state index contributed by atoms with van der Waals surface area (Å²) >= 11 is 5.13. The number of pyridine rings is 1. The van der Waals surface area contributed by atoms with Gasteiger partial charge in [-0.2, -0.15) is 5.26 Å². The Morgan fingerprint density at radius 3 is 2.81 bits per heavy atom. The van der Waals surface area contributed by atoms with Gasteiger partial charge in [0, 0.05) is 19.3 Å². The van der Waals surface area contributed by atoms with Crippen LogP contribution in [0.15, 0.2) is 12.3 Å². The fraction of sp³-hybridized carbons (Fsp3) is 0.500. The zero-order valence-corrected chi connectivity index (χ0v) is 10.2. The standard InChI is InChI=1S/C12H15N3S/c1-9-3-6-15(7-4-9)11-2-5-14-12(16)10(11)8-13/h2,5,9H,3-4,6-7H2,1H3,(H,14,16). The second-order valence-corrected chi connectivity index (χ2v) is 4.76. The van der Waals surface area contributed by atoms with Crippen molar-refractivity contribution in [2.45, 2.75) is 19.8 Å². The van der Waals surface area contributed by atoms with E-state index in [-0.39, 0.29) is 0 Å². The summed E-state index contributed by atoms with van der Waals surface area (Å²) in [6, 6.07) is 4.14. The Hall–Kier alpha value is -1.34. The summed E-state index contributed by atoms with van der Waals surface area (Å²) in [5.74, 6) is 0.792. The third-order valence-corrected chi connectivity index (χ3v) is 3.50. The first-order chi connectivity index (χ1) is 7.72. The molecule has 0 amide bonds. The van der Waals surface area contributed by atoms with Crippen molar-refractivity contribution in [2.24, 2.45) is 5.92 Å². The third-order valence-electron chi connectivity index (χ3n) is 3.17. The van der Waals surface area contributed by atoms with Gasteiger partial charge in [0.25, 0.3) is 0 Å². The van der Waals surface area contributed by atoms with Crippen LogP contribution in [0.2, 0.25) is 0 Å². The number of H-pyrrole nitrogens is 1. The van der Waals surface area contributed by atoms with Crippen molar-refractivity contribution in [2.75, 3.05) is 18.0 Å². The molecule has 1 aromatic heterocycles. The van der Waals surface area contributed by atoms with E-state index in [1.165, 1.54) is 12.8 Å². The van der Waals surface area contributed by atoms with Crippen LogP contribution >= 0.6 is 12.2 Å². The van der Waals surface area contributed by atoms with E-state index in [2.05, 4.69) is 22.9 Å². The van der Waals surface area contributed by atoms with Gasteiger partial charge in [-0.1, -0.05) is 19.1 Å². The van der Waals surface area contributed by atoms with E-state index in [4.69, 9.17) is 17.5 Å². The number of rotatable bonds is 1. The molecular weight excluding hydrogens is 218 g/mol. The lowest BCUT2D eigenvalue weighted by atomic mass is 9.98. The monoisotopic (exact) mass is 233 g/mol. The first kappa shape index (κ1) is 11.2. The van der Waals surface area contributed by atoms with Crippen LogP contribution in [-0.4, -0.2) is 18.1 Å². The van der Waals surface area contributed by atoms with E-state index < -0.39 is 0 Å². The van der Waals surface area contributed by atoms with Crippen molar-refractivity contribution >= 4 is 17.9 Å². The molecule has 1 fully saturated rings. The molecule has 0 atom stereocenters. The van der Waals surface area contributed by atoms with Crippen molar-refractivity contribution in [1.82, 2.24) is 4.98 Å². The molecule has 3 nitrogen and oxygen atoms in total. The highest BCUT2D eigenvalue weighted by molar-refractivity contribution is 7.71. The average molecular weight is 233 g/mol. The minimum Gasteiger partial charge on any atom is -0.370 e. The molecule has 1 aliphatic heterocycles. The second kappa shape index (κ2) is 4.67. The van der Waals surface area contributed by atoms with Crippen molar-refractivity contribution < 1.29 is 0 Å². The number of nitrogens with one attached hydrogen (secondary N) is 1. The minimum atomic E-state index is 0.540. The van der Waals surface area contributed by atoms with Crippen molar-refractivity contribution in [3.8, 4) is 6.07 Å². The van der Waals surface area contributed by atoms with Crippen LogP contribution in [0.3, 0.4) is 0 Å². The average Bonchev–Trinajstić information content (AvgIpc) is 2.30. The van der Waals surface area contributed by atoms with Crippen LogP contribution in [0.25, 0.3) is 0 Å². The number of hydrogen-bond donors (Lipinski definition) is 1. The smallest absolute Gasteiger partial charge is 0.123 e. The molecule has 1 saturated heterocycles. The van der Waals surface area contributed by atoms with Crippen LogP contribution in [-0.2, 0) is 0 Å². The van der Waals surface area contributed by atoms with E-state index in [0.717, 1.165) is 24.7 Å². The highest BCUT2D eigenvalue weighted by atomic mass is 32.1. The van der Waals surface area contributed by atoms with Gasteiger partial charge >= 0.3 is 0 Å². The number of anilines is 1. The van der Waals surface area contributed by atoms with Crippen LogP contribution in [0.1, 0.15) is 25.3 Å². The van der Waals surface area contributed by atoms with E-state index in [0.29, 0.717) is 10.2 Å². The van der Waals surface area contributed by atoms with Crippen LogP contribution in [0.4, 0.5) is 5.69 Å². The first-order valence-corrected chi connectivity index (χ1v) is 6.00. The lowest BCUT2D eigenvalue weighted by Crippen LogP contribution is -2.33. The van der Waals surface area contributed by atoms with Gasteiger partial charge in [0.05, 0.1) is 5.69 Å². The molecule has 1 N–H and O–H groups in total. The van der Waals surface area contributed by atoms with Crippen molar-refractivity contribution in [1.29, 1.82) is 5.26 Å². The number of aromatic nitrogens is 1. The summed E-state index contributed by atoms with van der Waals surface area (Å²) in [5.41, 5.74) is 1.59. The molecule has 0 radical (unpaired) electrons. The largest absolute Gasteiger partial charge is 0.370 e. The normalized spacial score (nSPS) is 17.1. The van der Waals surface area contributed by atoms with Gasteiger partial charge in [0.15, 0.2) is 0 Å². The molecular formula is C12H15N3S. The number of aromatic amines is 1. The van der Waals surface area contributed by atoms with Crippen LogP contribution < -0.4 is 4.90 Å². The molecule has 2 rings (SSSR count). The Balaban J connectivity index is 2.31. The number of piperidine rings is 1. The van der Waals surface area contributed by atoms with Gasteiger partial charge in [-0.15, -0.1) is 0 Å². The van der Waals surface area contributed by atoms with Crippen LogP contribution in [0.5, 0.6) is 0 Å². The fourth-order valence-corrected chi connectivity index (χ4v) is 2.31. The van der Waals surface area contributed by atoms with E-state index in [9.17, 15) is 0 Å². The Morgan fingerprint density at radius 1 is 1.50 bits per heavy atom. The molecule has 2 heterocycles. The number of nitrogens with zero attached hydrogens (tertiary/aromatic N) is 2. The molecule has 0 bridgehead atoms. The first-order valence-electron chi connectivity index (χ1n) is 5.59. The molecule has 4 heteroatoms. The maximum Gasteiger partial charge on any atom is 0.123 e. The lowest BCUT2D eigenvalue weighted by Gasteiger charge is -2.32. The highest BCUT2D eigenvalue weighted by Gasteiger charge is 2.18. The summed E-state index contributed by atoms with van der Waals surface area (Å²) < 4.78 is 0.540.